The zero-order chi connectivity index (χ0) is 55.0. The average molecular weight is 989 g/mol. The van der Waals surface area contributed by atoms with E-state index in [1.807, 2.05) is 78.8 Å². The van der Waals surface area contributed by atoms with Gasteiger partial charge in [-0.15, -0.1) is 0 Å². The van der Waals surface area contributed by atoms with E-state index in [1.54, 1.807) is 27.9 Å². The molecule has 2 unspecified atom stereocenters. The number of Topliss-reactive ketones (excluding diaryl/α,β-unsaturated/α-hetero) is 1. The zero-order valence-corrected chi connectivity index (χ0v) is 46.7. The van der Waals surface area contributed by atoms with E-state index in [-0.39, 0.29) is 41.2 Å². The van der Waals surface area contributed by atoms with Gasteiger partial charge in [-0.05, 0) is 87.5 Å². The van der Waals surface area contributed by atoms with Gasteiger partial charge < -0.3 is 45.1 Å². The van der Waals surface area contributed by atoms with Gasteiger partial charge in [0.25, 0.3) is 0 Å². The number of amides is 4. The molecule has 0 spiro atoms. The Hall–Kier alpha value is -5.08. The summed E-state index contributed by atoms with van der Waals surface area (Å²) in [6.07, 6.45) is 11.0. The predicted molar refractivity (Wildman–Crippen MR) is 289 cm³/mol. The normalized spacial score (nSPS) is 10.1. The summed E-state index contributed by atoms with van der Waals surface area (Å²) < 4.78 is 10.6. The molecule has 4 N–H and O–H groups in total. The highest BCUT2D eigenvalue weighted by atomic mass is 16.5. The van der Waals surface area contributed by atoms with Gasteiger partial charge in [-0.25, -0.2) is 0 Å². The fourth-order valence-corrected chi connectivity index (χ4v) is 5.37. The Kier molecular flexibility index (Phi) is 65.5. The van der Waals surface area contributed by atoms with Crippen LogP contribution in [0.25, 0.3) is 0 Å². The van der Waals surface area contributed by atoms with Crippen molar-refractivity contribution in [2.75, 3.05) is 53.6 Å². The molecule has 2 aromatic rings. The van der Waals surface area contributed by atoms with Gasteiger partial charge in [0.1, 0.15) is 24.6 Å². The zero-order valence-electron chi connectivity index (χ0n) is 46.7. The summed E-state index contributed by atoms with van der Waals surface area (Å²) in [7, 11) is 3.18. The molecular formula is C56H100N4O10. The molecule has 14 nitrogen and oxygen atoms in total. The van der Waals surface area contributed by atoms with Gasteiger partial charge in [-0.3, -0.25) is 24.0 Å². The van der Waals surface area contributed by atoms with Crippen LogP contribution in [-0.2, 0) is 68.7 Å². The van der Waals surface area contributed by atoms with Crippen molar-refractivity contribution < 1.29 is 47.8 Å². The van der Waals surface area contributed by atoms with Crippen LogP contribution in [0.1, 0.15) is 181 Å². The van der Waals surface area contributed by atoms with Crippen LogP contribution in [0, 0.1) is 11.8 Å². The van der Waals surface area contributed by atoms with E-state index < -0.39 is 0 Å². The fourth-order valence-electron chi connectivity index (χ4n) is 5.37. The highest BCUT2D eigenvalue weighted by Gasteiger charge is 2.09. The van der Waals surface area contributed by atoms with E-state index in [9.17, 15) is 38.4 Å². The van der Waals surface area contributed by atoms with Crippen molar-refractivity contribution >= 4 is 48.3 Å². The molecule has 0 radical (unpaired) electrons. The summed E-state index contributed by atoms with van der Waals surface area (Å²) in [6, 6.07) is 14.0. The number of ketones is 1. The van der Waals surface area contributed by atoms with E-state index in [0.717, 1.165) is 80.9 Å². The maximum Gasteiger partial charge on any atom is 0.220 e. The Morgan fingerprint density at radius 2 is 0.914 bits per heavy atom. The average Bonchev–Trinajstić information content (AvgIpc) is 3.39. The van der Waals surface area contributed by atoms with Gasteiger partial charge in [-0.2, -0.15) is 0 Å². The molecule has 0 saturated heterocycles. The Morgan fingerprint density at radius 3 is 1.26 bits per heavy atom. The third-order valence-electron chi connectivity index (χ3n) is 9.04. The van der Waals surface area contributed by atoms with Gasteiger partial charge in [-0.1, -0.05) is 126 Å². The number of carbonyl (C=O) groups excluding carboxylic acids is 8. The number of hydrogen-bond acceptors (Lipinski definition) is 10. The maximum absolute atomic E-state index is 11.8. The summed E-state index contributed by atoms with van der Waals surface area (Å²) in [5.74, 6) is 0.275. The maximum atomic E-state index is 11.8. The molecule has 0 bridgehead atoms. The minimum absolute atomic E-state index is 0.00250. The Morgan fingerprint density at radius 1 is 0.529 bits per heavy atom. The third kappa shape index (κ3) is 52.3. The number of aldehydes is 3. The van der Waals surface area contributed by atoms with E-state index in [4.69, 9.17) is 9.47 Å². The number of rotatable bonds is 27. The van der Waals surface area contributed by atoms with Crippen LogP contribution in [0.3, 0.4) is 0 Å². The molecular weight excluding hydrogens is 889 g/mol. The quantitative estimate of drug-likeness (QED) is 0.0493. The number of hydrogen-bond donors (Lipinski definition) is 4. The molecule has 2 atom stereocenters. The molecule has 404 valence electrons. The SMILES string of the molecule is CC.CC.CC.CC(C)=O.CCCOCCNC(=O)CCc1cccc(C=O)c1CC.CCCOCCNC(=O)CCc1ccccc1CC.CNC(=O)CCC(C)C=O.CNC(=O)CCC(C)C=O. The summed E-state index contributed by atoms with van der Waals surface area (Å²) in [5.41, 5.74) is 5.47. The molecule has 0 aromatic heterocycles. The largest absolute Gasteiger partial charge is 0.380 e. The molecule has 4 amide bonds. The number of ether oxygens (including phenoxy) is 2. The molecule has 2 aromatic carbocycles. The van der Waals surface area contributed by atoms with Crippen LogP contribution < -0.4 is 21.3 Å². The van der Waals surface area contributed by atoms with Gasteiger partial charge in [0.15, 0.2) is 0 Å². The molecule has 0 aliphatic heterocycles. The summed E-state index contributed by atoms with van der Waals surface area (Å²) in [6.45, 7) is 30.8. The molecule has 0 fully saturated rings. The van der Waals surface area contributed by atoms with Gasteiger partial charge >= 0.3 is 0 Å². The van der Waals surface area contributed by atoms with Crippen molar-refractivity contribution in [2.45, 2.75) is 174 Å². The molecule has 0 heterocycles. The van der Waals surface area contributed by atoms with Crippen LogP contribution in [0.4, 0.5) is 0 Å². The highest BCUT2D eigenvalue weighted by molar-refractivity contribution is 5.79. The second-order valence-corrected chi connectivity index (χ2v) is 15.1. The lowest BCUT2D eigenvalue weighted by Gasteiger charge is -2.10. The second-order valence-electron chi connectivity index (χ2n) is 15.1. The van der Waals surface area contributed by atoms with E-state index in [1.165, 1.54) is 25.0 Å². The molecule has 0 aliphatic rings. The first-order chi connectivity index (χ1) is 33.6. The van der Waals surface area contributed by atoms with Crippen LogP contribution in [0.2, 0.25) is 0 Å². The lowest BCUT2D eigenvalue weighted by molar-refractivity contribution is -0.122. The Labute approximate surface area is 425 Å². The van der Waals surface area contributed by atoms with E-state index >= 15 is 0 Å². The Bertz CT molecular complexity index is 1550. The first kappa shape index (κ1) is 76.4. The molecule has 0 saturated carbocycles. The van der Waals surface area contributed by atoms with Crippen molar-refractivity contribution in [3.05, 3.63) is 70.3 Å². The van der Waals surface area contributed by atoms with Gasteiger partial charge in [0.2, 0.25) is 23.6 Å². The number of aryl methyl sites for hydroxylation is 3. The smallest absolute Gasteiger partial charge is 0.220 e. The van der Waals surface area contributed by atoms with E-state index in [0.29, 0.717) is 71.2 Å². The summed E-state index contributed by atoms with van der Waals surface area (Å²) >= 11 is 0. The molecule has 14 heteroatoms. The van der Waals surface area contributed by atoms with Crippen molar-refractivity contribution in [1.82, 2.24) is 21.3 Å². The minimum atomic E-state index is -0.00583. The molecule has 2 rings (SSSR count). The number of nitrogens with one attached hydrogen (secondary N) is 4. The highest BCUT2D eigenvalue weighted by Crippen LogP contribution is 2.16. The lowest BCUT2D eigenvalue weighted by atomic mass is 9.96. The van der Waals surface area contributed by atoms with Crippen molar-refractivity contribution in [1.29, 1.82) is 0 Å². The van der Waals surface area contributed by atoms with Crippen molar-refractivity contribution in [3.63, 3.8) is 0 Å². The lowest BCUT2D eigenvalue weighted by Crippen LogP contribution is -2.27. The first-order valence-corrected chi connectivity index (χ1v) is 25.7. The third-order valence-corrected chi connectivity index (χ3v) is 9.04. The van der Waals surface area contributed by atoms with Crippen molar-refractivity contribution in [3.8, 4) is 0 Å². The number of carbonyl (C=O) groups is 8. The number of benzene rings is 2. The first-order valence-electron chi connectivity index (χ1n) is 25.7. The minimum Gasteiger partial charge on any atom is -0.380 e. The topological polar surface area (TPSA) is 203 Å². The molecule has 70 heavy (non-hydrogen) atoms. The summed E-state index contributed by atoms with van der Waals surface area (Å²) in [5, 5.41) is 10.7. The predicted octanol–water partition coefficient (Wildman–Crippen LogP) is 9.63. The van der Waals surface area contributed by atoms with Crippen LogP contribution in [0.5, 0.6) is 0 Å². The van der Waals surface area contributed by atoms with Crippen LogP contribution in [0.15, 0.2) is 42.5 Å². The van der Waals surface area contributed by atoms with Gasteiger partial charge in [0.05, 0.1) is 13.2 Å². The van der Waals surface area contributed by atoms with Crippen LogP contribution >= 0.6 is 0 Å². The monoisotopic (exact) mass is 989 g/mol. The Balaban J connectivity index is -0.000000191. The van der Waals surface area contributed by atoms with Crippen LogP contribution in [-0.4, -0.2) is 102 Å². The molecule has 0 aliphatic carbocycles. The fraction of sp³-hybridized carbons (Fsp3) is 0.643. The second kappa shape index (κ2) is 60.0. The summed E-state index contributed by atoms with van der Waals surface area (Å²) in [4.78, 5) is 85.3. The van der Waals surface area contributed by atoms with Gasteiger partial charge in [0, 0.05) is 83.5 Å². The standard InChI is InChI=1S/C17H25NO3.C16H25NO2.2C7H13NO2.C3H6O.3C2H6/c1-3-11-21-12-10-18-17(20)9-8-14-6-5-7-15(13-19)16(14)4-2;1-3-12-19-13-11-17-16(18)10-9-15-8-6-5-7-14(15)4-2;2*1-6(5-9)3-4-7(10)8-2;1-3(2)4;3*1-2/h5-7,13H,3-4,8-12H2,1-2H3,(H,18,20);5-8H,3-4,9-13H2,1-2H3,(H,17,18);2*5-6H,3-4H2,1-2H3,(H,8,10);1-2H3;3*1-2H3. The van der Waals surface area contributed by atoms with Crippen molar-refractivity contribution in [2.24, 2.45) is 11.8 Å². The van der Waals surface area contributed by atoms with E-state index in [2.05, 4.69) is 54.2 Å².